The van der Waals surface area contributed by atoms with E-state index in [-0.39, 0.29) is 59.4 Å². The van der Waals surface area contributed by atoms with E-state index in [1.54, 1.807) is 0 Å². The summed E-state index contributed by atoms with van der Waals surface area (Å²) < 4.78 is 0. The van der Waals surface area contributed by atoms with Crippen LogP contribution in [0.5, 0.6) is 0 Å². The Hall–Kier alpha value is -0.769. The van der Waals surface area contributed by atoms with Crippen molar-refractivity contribution in [2.24, 2.45) is 5.92 Å². The smallest absolute Gasteiger partial charge is 0.668 e. The van der Waals surface area contributed by atoms with Crippen molar-refractivity contribution in [3.05, 3.63) is 62.0 Å². The Labute approximate surface area is 167 Å². The number of carbonyl (C=O) groups excluding carboxylic acids is 1. The third kappa shape index (κ3) is 7.42. The van der Waals surface area contributed by atoms with Crippen LogP contribution in [0.25, 0.3) is 16.5 Å². The Bertz CT molecular complexity index is 588. The van der Waals surface area contributed by atoms with Crippen LogP contribution in [0.3, 0.4) is 0 Å². The summed E-state index contributed by atoms with van der Waals surface area (Å²) in [5, 5.41) is 2.76. The molecule has 0 atom stereocenters. The fourth-order valence-corrected chi connectivity index (χ4v) is 2.88. The molecule has 0 bridgehead atoms. The van der Waals surface area contributed by atoms with Gasteiger partial charge in [0.2, 0.25) is 0 Å². The fraction of sp³-hybridized carbons (Fsp3) is 0.400. The summed E-state index contributed by atoms with van der Waals surface area (Å²) in [4.78, 5) is 10.5. The molecule has 0 aliphatic heterocycles. The van der Waals surface area contributed by atoms with Gasteiger partial charge in [0.05, 0.1) is 5.91 Å². The predicted octanol–water partition coefficient (Wildman–Crippen LogP) is 5.84. The van der Waals surface area contributed by atoms with Gasteiger partial charge in [-0.05, 0) is 12.8 Å². The van der Waals surface area contributed by atoms with Crippen LogP contribution in [-0.2, 0) is 26.5 Å². The molecular formula is C20H29NOSiTi. The number of hydrogen-bond donors (Lipinski definition) is 0. The number of hydrogen-bond acceptors (Lipinski definition) is 1. The molecule has 128 valence electrons. The molecule has 2 aromatic carbocycles. The normalized spacial score (nSPS) is 13.1. The van der Waals surface area contributed by atoms with Gasteiger partial charge >= 0.3 is 21.7 Å². The zero-order valence-electron chi connectivity index (χ0n) is 15.4. The monoisotopic (exact) mass is 375 g/mol. The van der Waals surface area contributed by atoms with Gasteiger partial charge < -0.3 is 25.4 Å². The number of carbonyl (C=O) groups is 1. The molecule has 0 heterocycles. The van der Waals surface area contributed by atoms with Crippen LogP contribution in [-0.4, -0.2) is 16.9 Å². The summed E-state index contributed by atoms with van der Waals surface area (Å²) in [6.07, 6.45) is 5.47. The number of amides is 1. The van der Waals surface area contributed by atoms with Gasteiger partial charge in [-0.25, -0.2) is 0 Å². The van der Waals surface area contributed by atoms with Gasteiger partial charge in [-0.1, -0.05) is 39.2 Å². The van der Waals surface area contributed by atoms with Gasteiger partial charge in [-0.3, -0.25) is 0 Å². The molecule has 2 nitrogen and oxygen atoms in total. The first-order chi connectivity index (χ1) is 9.59. The van der Waals surface area contributed by atoms with E-state index in [9.17, 15) is 4.79 Å². The van der Waals surface area contributed by atoms with Crippen LogP contribution >= 0.6 is 0 Å². The molecule has 1 aliphatic rings. The molecule has 1 saturated carbocycles. The van der Waals surface area contributed by atoms with Crippen molar-refractivity contribution in [3.8, 4) is 0 Å². The molecule has 24 heavy (non-hydrogen) atoms. The van der Waals surface area contributed by atoms with Crippen molar-refractivity contribution in [2.45, 2.75) is 46.0 Å². The number of benzene rings is 1. The quantitative estimate of drug-likeness (QED) is 0.456. The molecule has 4 radical (unpaired) electrons. The minimum absolute atomic E-state index is 0. The van der Waals surface area contributed by atoms with Crippen molar-refractivity contribution in [3.63, 3.8) is 0 Å². The molecule has 1 aliphatic carbocycles. The minimum atomic E-state index is -0.352. The second-order valence-electron chi connectivity index (χ2n) is 5.74. The maximum absolute atomic E-state index is 10.5. The van der Waals surface area contributed by atoms with Crippen molar-refractivity contribution in [1.82, 2.24) is 0 Å². The molecule has 1 amide bonds. The molecule has 0 aromatic heterocycles. The van der Waals surface area contributed by atoms with Crippen LogP contribution in [0.1, 0.15) is 43.2 Å². The maximum Gasteiger partial charge on any atom is 4.00 e. The number of fused-ring (bicyclic) bond motifs is 1. The van der Waals surface area contributed by atoms with E-state index in [1.165, 1.54) is 28.3 Å². The Morgan fingerprint density at radius 3 is 2.08 bits per heavy atom. The summed E-state index contributed by atoms with van der Waals surface area (Å²) in [5.74, 6) is -0.270. The molecule has 4 heteroatoms. The van der Waals surface area contributed by atoms with E-state index in [0.717, 1.165) is 25.7 Å². The first-order valence-corrected chi connectivity index (χ1v) is 7.46. The average Bonchev–Trinajstić information content (AvgIpc) is 2.76. The van der Waals surface area contributed by atoms with E-state index in [2.05, 4.69) is 44.2 Å². The Balaban J connectivity index is -0.000000320. The standard InChI is InChI=1S/C11H11.C7H13NO.2CH3.Si.Ti/c1-8-7-10-5-3-4-6-11(10)9(8)2;8-7(9)6-4-2-1-3-5-6;;;;/h3-7H,1-2H3;6H,1-5H2,(H2,8,9);2*1H3;;/q-1;;2*-1;;+4/p-1. The van der Waals surface area contributed by atoms with E-state index in [1.807, 2.05) is 0 Å². The summed E-state index contributed by atoms with van der Waals surface area (Å²) in [6, 6.07) is 10.8. The topological polar surface area (TPSA) is 40.9 Å². The Morgan fingerprint density at radius 1 is 1.08 bits per heavy atom. The van der Waals surface area contributed by atoms with Gasteiger partial charge in [0.15, 0.2) is 0 Å². The number of nitrogens with one attached hydrogen (secondary N) is 1. The second kappa shape index (κ2) is 13.5. The predicted molar refractivity (Wildman–Crippen MR) is 104 cm³/mol. The molecule has 0 spiro atoms. The average molecular weight is 375 g/mol. The fourth-order valence-electron chi connectivity index (χ4n) is 2.88. The first-order valence-electron chi connectivity index (χ1n) is 7.46. The number of aryl methyl sites for hydroxylation is 2. The van der Waals surface area contributed by atoms with E-state index >= 15 is 0 Å². The van der Waals surface area contributed by atoms with Gasteiger partial charge in [0, 0.05) is 16.9 Å². The zero-order chi connectivity index (χ0) is 14.5. The van der Waals surface area contributed by atoms with Gasteiger partial charge in [-0.2, -0.15) is 5.56 Å². The molecule has 0 saturated heterocycles. The maximum atomic E-state index is 10.5. The minimum Gasteiger partial charge on any atom is -0.668 e. The van der Waals surface area contributed by atoms with Crippen LogP contribution in [0.2, 0.25) is 0 Å². The zero-order valence-corrected chi connectivity index (χ0v) is 18.0. The van der Waals surface area contributed by atoms with Crippen LogP contribution in [0.4, 0.5) is 0 Å². The number of rotatable bonds is 1. The van der Waals surface area contributed by atoms with E-state index in [0.29, 0.717) is 0 Å². The van der Waals surface area contributed by atoms with Crippen molar-refractivity contribution in [1.29, 1.82) is 0 Å². The molecule has 2 aromatic rings. The van der Waals surface area contributed by atoms with Crippen molar-refractivity contribution in [2.75, 3.05) is 0 Å². The van der Waals surface area contributed by atoms with Crippen LogP contribution in [0, 0.1) is 34.6 Å². The molecule has 1 fully saturated rings. The van der Waals surface area contributed by atoms with Crippen molar-refractivity contribution >= 4 is 27.6 Å². The summed E-state index contributed by atoms with van der Waals surface area (Å²) in [7, 11) is 0. The van der Waals surface area contributed by atoms with E-state index < -0.39 is 0 Å². The van der Waals surface area contributed by atoms with Gasteiger partial charge in [-0.15, -0.1) is 40.6 Å². The van der Waals surface area contributed by atoms with Gasteiger partial charge in [0.25, 0.3) is 0 Å². The van der Waals surface area contributed by atoms with Crippen LogP contribution < -0.4 is 0 Å². The third-order valence-electron chi connectivity index (χ3n) is 4.30. The summed E-state index contributed by atoms with van der Waals surface area (Å²) in [6.45, 7) is 4.34. The molecule has 0 unspecified atom stereocenters. The Morgan fingerprint density at radius 2 is 1.62 bits per heavy atom. The largest absolute Gasteiger partial charge is 4.00 e. The molecule has 1 N–H and O–H groups in total. The van der Waals surface area contributed by atoms with Crippen molar-refractivity contribution < 1.29 is 26.5 Å². The molecule has 3 rings (SSSR count). The summed E-state index contributed by atoms with van der Waals surface area (Å²) >= 11 is 0. The first kappa shape index (κ1) is 28.1. The SMILES string of the molecule is Cc1[cH-]c2ccccc2c1C.[CH3-].[CH3-].[NH-]C(=O)C1CCCCC1.[Si].[Ti+4]. The molecular weight excluding hydrogens is 346 g/mol. The Kier molecular flexibility index (Phi) is 15.8. The summed E-state index contributed by atoms with van der Waals surface area (Å²) in [5.41, 5.74) is 9.65. The van der Waals surface area contributed by atoms with Crippen LogP contribution in [0.15, 0.2) is 30.3 Å². The van der Waals surface area contributed by atoms with E-state index in [4.69, 9.17) is 5.73 Å². The second-order valence-corrected chi connectivity index (χ2v) is 5.74. The van der Waals surface area contributed by atoms with Gasteiger partial charge in [0.1, 0.15) is 0 Å². The third-order valence-corrected chi connectivity index (χ3v) is 4.30.